The molecule has 1 fully saturated rings. The molecule has 4 N–H and O–H groups in total. The number of hydrogen-bond donors (Lipinski definition) is 4. The summed E-state index contributed by atoms with van der Waals surface area (Å²) in [7, 11) is 0. The summed E-state index contributed by atoms with van der Waals surface area (Å²) in [5.74, 6) is 0.573. The van der Waals surface area contributed by atoms with E-state index in [2.05, 4.69) is 10.6 Å². The Morgan fingerprint density at radius 2 is 1.82 bits per heavy atom. The molecule has 34 heavy (non-hydrogen) atoms. The number of nitrogens with zero attached hydrogens (tertiary/aromatic N) is 1. The van der Waals surface area contributed by atoms with Crippen LogP contribution in [0.3, 0.4) is 0 Å². The third-order valence-corrected chi connectivity index (χ3v) is 5.04. The molecular weight excluding hydrogens is 436 g/mol. The van der Waals surface area contributed by atoms with Crippen LogP contribution in [0, 0.1) is 5.41 Å². The highest BCUT2D eigenvalue weighted by atomic mass is 16.5. The fraction of sp³-hybridized carbons (Fsp3) is 0.320. The van der Waals surface area contributed by atoms with Crippen LogP contribution in [0.15, 0.2) is 54.7 Å². The third-order valence-electron chi connectivity index (χ3n) is 5.04. The largest absolute Gasteiger partial charge is 0.488 e. The molecule has 3 rings (SSSR count). The number of nitrogens with one attached hydrogen (secondary N) is 3. The van der Waals surface area contributed by atoms with Gasteiger partial charge < -0.3 is 30.1 Å². The first-order valence-corrected chi connectivity index (χ1v) is 11.2. The summed E-state index contributed by atoms with van der Waals surface area (Å²) in [5.41, 5.74) is 0.814. The number of amidine groups is 1. The van der Waals surface area contributed by atoms with E-state index in [9.17, 15) is 14.7 Å². The lowest BCUT2D eigenvalue weighted by molar-refractivity contribution is 0.0651. The van der Waals surface area contributed by atoms with Crippen molar-refractivity contribution in [2.45, 2.75) is 26.4 Å². The first kappa shape index (κ1) is 24.8. The monoisotopic (exact) mass is 466 g/mol. The van der Waals surface area contributed by atoms with E-state index in [4.69, 9.17) is 14.9 Å². The molecule has 1 aliphatic heterocycles. The van der Waals surface area contributed by atoms with Gasteiger partial charge in [-0.25, -0.2) is 0 Å². The lowest BCUT2D eigenvalue weighted by atomic mass is 10.1. The molecule has 2 aromatic carbocycles. The molecule has 0 aromatic heterocycles. The summed E-state index contributed by atoms with van der Waals surface area (Å²) in [6, 6.07) is 11.5. The Kier molecular flexibility index (Phi) is 8.64. The quantitative estimate of drug-likeness (QED) is 0.315. The van der Waals surface area contributed by atoms with Crippen molar-refractivity contribution in [1.82, 2.24) is 15.5 Å². The molecule has 1 aliphatic rings. The van der Waals surface area contributed by atoms with Crippen molar-refractivity contribution < 1.29 is 24.2 Å². The van der Waals surface area contributed by atoms with E-state index in [1.807, 2.05) is 6.92 Å². The van der Waals surface area contributed by atoms with E-state index >= 15 is 0 Å². The Balaban J connectivity index is 1.77. The molecule has 0 saturated carbocycles. The Morgan fingerprint density at radius 3 is 2.44 bits per heavy atom. The normalized spacial score (nSPS) is 13.7. The van der Waals surface area contributed by atoms with Gasteiger partial charge >= 0.3 is 0 Å². The zero-order valence-electron chi connectivity index (χ0n) is 19.3. The summed E-state index contributed by atoms with van der Waals surface area (Å²) in [5, 5.41) is 22.6. The Bertz CT molecular complexity index is 1050. The van der Waals surface area contributed by atoms with Crippen LogP contribution in [0.2, 0.25) is 0 Å². The maximum absolute atomic E-state index is 12.7. The third kappa shape index (κ3) is 6.82. The number of amides is 2. The lowest BCUT2D eigenvalue weighted by Gasteiger charge is -2.30. The van der Waals surface area contributed by atoms with Crippen molar-refractivity contribution >= 4 is 17.6 Å². The second-order valence-electron chi connectivity index (χ2n) is 7.84. The predicted molar refractivity (Wildman–Crippen MR) is 129 cm³/mol. The minimum Gasteiger partial charge on any atom is -0.488 e. The van der Waals surface area contributed by atoms with Gasteiger partial charge in [0.15, 0.2) is 0 Å². The average Bonchev–Trinajstić information content (AvgIpc) is 2.78. The highest BCUT2D eigenvalue weighted by Gasteiger charge is 2.21. The second-order valence-corrected chi connectivity index (χ2v) is 7.84. The Labute approximate surface area is 198 Å². The van der Waals surface area contributed by atoms with E-state index in [0.717, 1.165) is 19.5 Å². The minimum atomic E-state index is -0.506. The summed E-state index contributed by atoms with van der Waals surface area (Å²) in [6.07, 6.45) is 3.56. The highest BCUT2D eigenvalue weighted by molar-refractivity contribution is 6.09. The molecule has 1 saturated heterocycles. The number of ether oxygens (including phenoxy) is 2. The van der Waals surface area contributed by atoms with E-state index in [1.165, 1.54) is 18.2 Å². The van der Waals surface area contributed by atoms with E-state index in [0.29, 0.717) is 29.4 Å². The fourth-order valence-electron chi connectivity index (χ4n) is 3.10. The number of carbonyl (C=O) groups is 2. The molecular formula is C25H30N4O5. The number of likely N-dealkylation sites (tertiary alicyclic amines) is 1. The molecule has 9 nitrogen and oxygen atoms in total. The molecule has 1 heterocycles. The molecule has 0 bridgehead atoms. The second kappa shape index (κ2) is 11.9. The number of carbonyl (C=O) groups excluding carboxylic acids is 2. The number of rotatable bonds is 10. The van der Waals surface area contributed by atoms with Crippen LogP contribution in [-0.2, 0) is 0 Å². The summed E-state index contributed by atoms with van der Waals surface area (Å²) >= 11 is 0. The number of hydrogen-bond acceptors (Lipinski definition) is 7. The predicted octanol–water partition coefficient (Wildman–Crippen LogP) is 2.91. The molecule has 9 heteroatoms. The molecule has 2 amide bonds. The molecule has 0 spiro atoms. The number of benzene rings is 2. The van der Waals surface area contributed by atoms with Gasteiger partial charge in [0.2, 0.25) is 0 Å². The summed E-state index contributed by atoms with van der Waals surface area (Å²) in [4.78, 5) is 26.8. The van der Waals surface area contributed by atoms with Gasteiger partial charge in [0, 0.05) is 43.0 Å². The maximum atomic E-state index is 12.7. The van der Waals surface area contributed by atoms with Gasteiger partial charge in [-0.2, -0.15) is 0 Å². The van der Waals surface area contributed by atoms with Gasteiger partial charge in [0.1, 0.15) is 29.2 Å². The van der Waals surface area contributed by atoms with Crippen LogP contribution in [-0.4, -0.2) is 60.0 Å². The summed E-state index contributed by atoms with van der Waals surface area (Å²) < 4.78 is 11.6. The van der Waals surface area contributed by atoms with Crippen LogP contribution < -0.4 is 20.1 Å². The van der Waals surface area contributed by atoms with Crippen LogP contribution in [0.25, 0.3) is 0 Å². The zero-order chi connectivity index (χ0) is 24.5. The topological polar surface area (TPSA) is 124 Å². The van der Waals surface area contributed by atoms with Gasteiger partial charge in [-0.3, -0.25) is 15.0 Å². The smallest absolute Gasteiger partial charge is 0.257 e. The van der Waals surface area contributed by atoms with Crippen molar-refractivity contribution in [3.63, 3.8) is 0 Å². The molecule has 0 unspecified atom stereocenters. The van der Waals surface area contributed by atoms with Gasteiger partial charge in [0.05, 0.1) is 6.61 Å². The fourth-order valence-corrected chi connectivity index (χ4v) is 3.10. The van der Waals surface area contributed by atoms with Crippen LogP contribution in [0.1, 0.15) is 41.0 Å². The molecule has 0 aliphatic carbocycles. The van der Waals surface area contributed by atoms with Crippen molar-refractivity contribution in [3.05, 3.63) is 65.9 Å². The van der Waals surface area contributed by atoms with Crippen LogP contribution in [0.4, 0.5) is 0 Å². The van der Waals surface area contributed by atoms with Crippen molar-refractivity contribution in [2.24, 2.45) is 0 Å². The molecule has 2 aromatic rings. The summed E-state index contributed by atoms with van der Waals surface area (Å²) in [6.45, 7) is 5.69. The van der Waals surface area contributed by atoms with Gasteiger partial charge in [-0.05, 0) is 62.7 Å². The molecule has 1 atom stereocenters. The standard InChI is InChI=1S/C25H30N4O5/c1-3-27-10-9-23(26)28-24(31)19-13-21(33-17(2)16-30)15-22(14-19)34-20-7-5-18(6-8-20)25(32)29-11-4-12-29/h5-10,13-15,17,27,30H,3-4,11-12,16H2,1-2H3,(H2,26,28,31)/b10-9-/t17-/m0/s1. The van der Waals surface area contributed by atoms with Gasteiger partial charge in [-0.15, -0.1) is 0 Å². The maximum Gasteiger partial charge on any atom is 0.257 e. The number of aliphatic hydroxyl groups excluding tert-OH is 1. The molecule has 180 valence electrons. The first-order valence-electron chi connectivity index (χ1n) is 11.2. The average molecular weight is 467 g/mol. The van der Waals surface area contributed by atoms with Crippen molar-refractivity contribution in [1.29, 1.82) is 5.41 Å². The van der Waals surface area contributed by atoms with Gasteiger partial charge in [-0.1, -0.05) is 0 Å². The SMILES string of the molecule is CCN/C=C\C(=N)NC(=O)c1cc(Oc2ccc(C(=O)N3CCC3)cc2)cc(O[C@@H](C)CO)c1. The van der Waals surface area contributed by atoms with Crippen LogP contribution >= 0.6 is 0 Å². The van der Waals surface area contributed by atoms with E-state index in [-0.39, 0.29) is 23.9 Å². The highest BCUT2D eigenvalue weighted by Crippen LogP contribution is 2.29. The van der Waals surface area contributed by atoms with Crippen LogP contribution in [0.5, 0.6) is 17.2 Å². The van der Waals surface area contributed by atoms with Crippen molar-refractivity contribution in [3.8, 4) is 17.2 Å². The van der Waals surface area contributed by atoms with E-state index < -0.39 is 12.0 Å². The lowest BCUT2D eigenvalue weighted by Crippen LogP contribution is -2.41. The number of aliphatic hydroxyl groups is 1. The van der Waals surface area contributed by atoms with Gasteiger partial charge in [0.25, 0.3) is 11.8 Å². The zero-order valence-corrected chi connectivity index (χ0v) is 19.3. The first-order chi connectivity index (χ1) is 16.4. The minimum absolute atomic E-state index is 0.00391. The Morgan fingerprint density at radius 1 is 1.12 bits per heavy atom. The molecule has 0 radical (unpaired) electrons. The van der Waals surface area contributed by atoms with E-state index in [1.54, 1.807) is 48.4 Å². The Hall–Kier alpha value is -3.85. The van der Waals surface area contributed by atoms with Crippen molar-refractivity contribution in [2.75, 3.05) is 26.2 Å².